The average Bonchev–Trinajstić information content (AvgIpc) is 2.83. The van der Waals surface area contributed by atoms with Crippen molar-refractivity contribution in [2.24, 2.45) is 7.05 Å². The van der Waals surface area contributed by atoms with Crippen LogP contribution in [-0.2, 0) is 13.6 Å². The molecule has 0 aliphatic rings. The Morgan fingerprint density at radius 1 is 1.38 bits per heavy atom. The zero-order chi connectivity index (χ0) is 15.2. The Kier molecular flexibility index (Phi) is 4.75. The highest BCUT2D eigenvalue weighted by molar-refractivity contribution is 5.94. The molecule has 21 heavy (non-hydrogen) atoms. The molecule has 1 aromatic heterocycles. The fourth-order valence-corrected chi connectivity index (χ4v) is 1.85. The molecule has 108 valence electrons. The van der Waals surface area contributed by atoms with E-state index >= 15 is 0 Å². The minimum atomic E-state index is -0.151. The van der Waals surface area contributed by atoms with E-state index in [-0.39, 0.29) is 12.5 Å². The number of aromatic nitrogens is 2. The molecule has 1 amide bonds. The zero-order valence-electron chi connectivity index (χ0n) is 12.1. The molecule has 5 heteroatoms. The van der Waals surface area contributed by atoms with E-state index in [4.69, 9.17) is 5.11 Å². The summed E-state index contributed by atoms with van der Waals surface area (Å²) in [5.74, 6) is 5.28. The van der Waals surface area contributed by atoms with E-state index < -0.39 is 0 Å². The third-order valence-electron chi connectivity index (χ3n) is 3.20. The van der Waals surface area contributed by atoms with E-state index in [2.05, 4.69) is 22.3 Å². The zero-order valence-corrected chi connectivity index (χ0v) is 12.1. The van der Waals surface area contributed by atoms with Crippen molar-refractivity contribution in [3.63, 3.8) is 0 Å². The van der Waals surface area contributed by atoms with Gasteiger partial charge in [0, 0.05) is 24.8 Å². The van der Waals surface area contributed by atoms with Crippen molar-refractivity contribution in [3.8, 4) is 11.8 Å². The van der Waals surface area contributed by atoms with Crippen LogP contribution in [0.1, 0.15) is 27.2 Å². The fraction of sp³-hybridized carbons (Fsp3) is 0.250. The summed E-state index contributed by atoms with van der Waals surface area (Å²) < 4.78 is 1.67. The van der Waals surface area contributed by atoms with Crippen LogP contribution in [-0.4, -0.2) is 27.4 Å². The number of benzene rings is 1. The lowest BCUT2D eigenvalue weighted by atomic mass is 10.1. The van der Waals surface area contributed by atoms with Crippen LogP contribution in [0, 0.1) is 18.8 Å². The SMILES string of the molecule is Cc1c(C(=O)NCc2ccc(C#CCO)cc2)cnn1C. The van der Waals surface area contributed by atoms with Crippen molar-refractivity contribution < 1.29 is 9.90 Å². The predicted molar refractivity (Wildman–Crippen MR) is 79.5 cm³/mol. The van der Waals surface area contributed by atoms with Gasteiger partial charge in [0.15, 0.2) is 0 Å². The summed E-state index contributed by atoms with van der Waals surface area (Å²) in [6, 6.07) is 7.52. The standard InChI is InChI=1S/C16H17N3O2/c1-12-15(11-18-19(12)2)16(21)17-10-14-7-5-13(6-8-14)4-3-9-20/h5-8,11,20H,9-10H2,1-2H3,(H,17,21). The molecule has 0 spiro atoms. The van der Waals surface area contributed by atoms with Crippen molar-refractivity contribution in [2.75, 3.05) is 6.61 Å². The highest BCUT2D eigenvalue weighted by Crippen LogP contribution is 2.07. The van der Waals surface area contributed by atoms with Crippen LogP contribution in [0.4, 0.5) is 0 Å². The normalized spacial score (nSPS) is 9.86. The van der Waals surface area contributed by atoms with Crippen LogP contribution in [0.25, 0.3) is 0 Å². The van der Waals surface area contributed by atoms with Gasteiger partial charge in [0.1, 0.15) is 6.61 Å². The molecule has 0 fully saturated rings. The number of aliphatic hydroxyl groups is 1. The quantitative estimate of drug-likeness (QED) is 0.826. The first-order valence-electron chi connectivity index (χ1n) is 6.57. The van der Waals surface area contributed by atoms with E-state index in [1.54, 1.807) is 17.9 Å². The topological polar surface area (TPSA) is 67.2 Å². The van der Waals surface area contributed by atoms with Gasteiger partial charge in [-0.2, -0.15) is 5.10 Å². The Labute approximate surface area is 123 Å². The van der Waals surface area contributed by atoms with Gasteiger partial charge in [0.05, 0.1) is 11.8 Å². The molecular formula is C16H17N3O2. The van der Waals surface area contributed by atoms with Crippen LogP contribution < -0.4 is 5.32 Å². The lowest BCUT2D eigenvalue weighted by Crippen LogP contribution is -2.23. The maximum absolute atomic E-state index is 12.0. The number of aryl methyl sites for hydroxylation is 1. The van der Waals surface area contributed by atoms with Gasteiger partial charge < -0.3 is 10.4 Å². The molecule has 0 bridgehead atoms. The summed E-state index contributed by atoms with van der Waals surface area (Å²) in [6.07, 6.45) is 1.57. The second-order valence-corrected chi connectivity index (χ2v) is 4.61. The Morgan fingerprint density at radius 3 is 2.67 bits per heavy atom. The van der Waals surface area contributed by atoms with Crippen LogP contribution in [0.5, 0.6) is 0 Å². The molecule has 1 heterocycles. The average molecular weight is 283 g/mol. The van der Waals surface area contributed by atoms with E-state index in [0.717, 1.165) is 16.8 Å². The van der Waals surface area contributed by atoms with E-state index in [9.17, 15) is 4.79 Å². The summed E-state index contributed by atoms with van der Waals surface area (Å²) >= 11 is 0. The molecule has 0 unspecified atom stereocenters. The molecule has 0 atom stereocenters. The number of hydrogen-bond donors (Lipinski definition) is 2. The number of rotatable bonds is 3. The van der Waals surface area contributed by atoms with Gasteiger partial charge in [-0.15, -0.1) is 0 Å². The number of carbonyl (C=O) groups excluding carboxylic acids is 1. The van der Waals surface area contributed by atoms with Gasteiger partial charge in [-0.25, -0.2) is 0 Å². The van der Waals surface area contributed by atoms with Gasteiger partial charge in [0.2, 0.25) is 0 Å². The minimum absolute atomic E-state index is 0.134. The molecule has 2 rings (SSSR count). The molecule has 0 aliphatic heterocycles. The Morgan fingerprint density at radius 2 is 2.10 bits per heavy atom. The lowest BCUT2D eigenvalue weighted by Gasteiger charge is -2.05. The molecule has 2 N–H and O–H groups in total. The number of nitrogens with zero attached hydrogens (tertiary/aromatic N) is 2. The predicted octanol–water partition coefficient (Wildman–Crippen LogP) is 1.00. The first kappa shape index (κ1) is 14.8. The molecule has 2 aromatic rings. The third kappa shape index (κ3) is 3.71. The number of aliphatic hydroxyl groups excluding tert-OH is 1. The van der Waals surface area contributed by atoms with Crippen LogP contribution in [0.15, 0.2) is 30.5 Å². The van der Waals surface area contributed by atoms with Gasteiger partial charge in [-0.05, 0) is 24.6 Å². The van der Waals surface area contributed by atoms with Crippen molar-refractivity contribution in [1.29, 1.82) is 0 Å². The molecule has 0 saturated carbocycles. The summed E-state index contributed by atoms with van der Waals surface area (Å²) in [6.45, 7) is 2.15. The fourth-order valence-electron chi connectivity index (χ4n) is 1.85. The molecule has 1 aromatic carbocycles. The van der Waals surface area contributed by atoms with Crippen LogP contribution in [0.3, 0.4) is 0 Å². The van der Waals surface area contributed by atoms with Crippen molar-refractivity contribution in [2.45, 2.75) is 13.5 Å². The van der Waals surface area contributed by atoms with Crippen molar-refractivity contribution in [1.82, 2.24) is 15.1 Å². The van der Waals surface area contributed by atoms with Gasteiger partial charge in [0.25, 0.3) is 5.91 Å². The Balaban J connectivity index is 1.97. The van der Waals surface area contributed by atoms with E-state index in [1.165, 1.54) is 0 Å². The van der Waals surface area contributed by atoms with E-state index in [1.807, 2.05) is 31.2 Å². The molecule has 0 saturated heterocycles. The number of hydrogen-bond acceptors (Lipinski definition) is 3. The lowest BCUT2D eigenvalue weighted by molar-refractivity contribution is 0.0950. The van der Waals surface area contributed by atoms with E-state index in [0.29, 0.717) is 12.1 Å². The maximum atomic E-state index is 12.0. The second kappa shape index (κ2) is 6.73. The summed E-state index contributed by atoms with van der Waals surface area (Å²) in [7, 11) is 1.80. The summed E-state index contributed by atoms with van der Waals surface area (Å²) in [5, 5.41) is 15.5. The summed E-state index contributed by atoms with van der Waals surface area (Å²) in [5.41, 5.74) is 3.24. The number of amides is 1. The van der Waals surface area contributed by atoms with Crippen molar-refractivity contribution in [3.05, 3.63) is 52.8 Å². The first-order chi connectivity index (χ1) is 10.1. The largest absolute Gasteiger partial charge is 0.384 e. The maximum Gasteiger partial charge on any atom is 0.255 e. The highest BCUT2D eigenvalue weighted by atomic mass is 16.2. The minimum Gasteiger partial charge on any atom is -0.384 e. The monoisotopic (exact) mass is 283 g/mol. The second-order valence-electron chi connectivity index (χ2n) is 4.61. The van der Waals surface area contributed by atoms with Crippen molar-refractivity contribution >= 4 is 5.91 Å². The third-order valence-corrected chi connectivity index (χ3v) is 3.20. The molecule has 0 radical (unpaired) electrons. The Hall–Kier alpha value is -2.58. The van der Waals surface area contributed by atoms with Gasteiger partial charge >= 0.3 is 0 Å². The Bertz CT molecular complexity index is 691. The van der Waals surface area contributed by atoms with Gasteiger partial charge in [-0.3, -0.25) is 9.48 Å². The smallest absolute Gasteiger partial charge is 0.255 e. The van der Waals surface area contributed by atoms with Crippen LogP contribution >= 0.6 is 0 Å². The van der Waals surface area contributed by atoms with Crippen LogP contribution in [0.2, 0.25) is 0 Å². The summed E-state index contributed by atoms with van der Waals surface area (Å²) in [4.78, 5) is 12.0. The molecule has 5 nitrogen and oxygen atoms in total. The number of nitrogens with one attached hydrogen (secondary N) is 1. The molecular weight excluding hydrogens is 266 g/mol. The van der Waals surface area contributed by atoms with Gasteiger partial charge in [-0.1, -0.05) is 24.0 Å². The number of carbonyl (C=O) groups is 1. The highest BCUT2D eigenvalue weighted by Gasteiger charge is 2.11. The first-order valence-corrected chi connectivity index (χ1v) is 6.57. The molecule has 0 aliphatic carbocycles.